The third-order valence-corrected chi connectivity index (χ3v) is 3.08. The Balaban J connectivity index is 2.37. The Morgan fingerprint density at radius 1 is 1.44 bits per heavy atom. The molecule has 98 valence electrons. The highest BCUT2D eigenvalue weighted by Gasteiger charge is 2.56. The summed E-state index contributed by atoms with van der Waals surface area (Å²) in [6.07, 6.45) is -0.956. The molecule has 1 saturated carbocycles. The highest BCUT2D eigenvalue weighted by Crippen LogP contribution is 2.52. The topological polar surface area (TPSA) is 78.4 Å². The Kier molecular flexibility index (Phi) is 2.73. The summed E-state index contributed by atoms with van der Waals surface area (Å²) in [4.78, 5) is 10.0. The molecule has 5 nitrogen and oxygen atoms in total. The lowest BCUT2D eigenvalue weighted by atomic mass is 9.69. The summed E-state index contributed by atoms with van der Waals surface area (Å²) in [6, 6.07) is 3.82. The molecular formula is C11H12F2N2O3. The lowest BCUT2D eigenvalue weighted by Gasteiger charge is -2.45. The fourth-order valence-corrected chi connectivity index (χ4v) is 2.27. The number of halogens is 2. The monoisotopic (exact) mass is 258 g/mol. The second-order valence-corrected chi connectivity index (χ2v) is 4.51. The molecule has 0 aliphatic heterocycles. The van der Waals surface area contributed by atoms with E-state index in [1.54, 1.807) is 0 Å². The Morgan fingerprint density at radius 3 is 2.50 bits per heavy atom. The zero-order valence-electron chi connectivity index (χ0n) is 9.65. The van der Waals surface area contributed by atoms with Crippen molar-refractivity contribution in [2.45, 2.75) is 24.3 Å². The number of hydrogen-bond acceptors (Lipinski definition) is 4. The Hall–Kier alpha value is -1.76. The van der Waals surface area contributed by atoms with Crippen LogP contribution >= 0.6 is 0 Å². The van der Waals surface area contributed by atoms with E-state index >= 15 is 0 Å². The van der Waals surface area contributed by atoms with E-state index in [1.165, 1.54) is 25.3 Å². The molecule has 0 spiro atoms. The first kappa shape index (κ1) is 12.7. The van der Waals surface area contributed by atoms with E-state index in [0.29, 0.717) is 5.56 Å². The van der Waals surface area contributed by atoms with Gasteiger partial charge < -0.3 is 10.5 Å². The van der Waals surface area contributed by atoms with Gasteiger partial charge in [0.25, 0.3) is 11.6 Å². The van der Waals surface area contributed by atoms with Gasteiger partial charge in [0.15, 0.2) is 0 Å². The van der Waals surface area contributed by atoms with Crippen LogP contribution in [0.1, 0.15) is 18.4 Å². The van der Waals surface area contributed by atoms with Crippen molar-refractivity contribution < 1.29 is 18.4 Å². The first-order chi connectivity index (χ1) is 8.27. The van der Waals surface area contributed by atoms with Crippen LogP contribution in [0.3, 0.4) is 0 Å². The quantitative estimate of drug-likeness (QED) is 0.665. The molecule has 0 unspecified atom stereocenters. The molecular weight excluding hydrogens is 246 g/mol. The average Bonchev–Trinajstić information content (AvgIpc) is 2.25. The van der Waals surface area contributed by atoms with Crippen molar-refractivity contribution in [3.8, 4) is 5.75 Å². The average molecular weight is 258 g/mol. The third-order valence-electron chi connectivity index (χ3n) is 3.08. The molecule has 0 bridgehead atoms. The van der Waals surface area contributed by atoms with E-state index in [9.17, 15) is 18.9 Å². The number of hydrogen-bond donors (Lipinski definition) is 1. The molecule has 7 heteroatoms. The van der Waals surface area contributed by atoms with Gasteiger partial charge in [-0.2, -0.15) is 0 Å². The molecule has 0 heterocycles. The van der Waals surface area contributed by atoms with Gasteiger partial charge in [0, 0.05) is 24.5 Å². The van der Waals surface area contributed by atoms with Crippen LogP contribution in [0.25, 0.3) is 0 Å². The molecule has 0 atom stereocenters. The van der Waals surface area contributed by atoms with Gasteiger partial charge in [-0.25, -0.2) is 8.78 Å². The normalized spacial score (nSPS) is 20.0. The number of nitrogens with zero attached hydrogens (tertiary/aromatic N) is 1. The van der Waals surface area contributed by atoms with Crippen molar-refractivity contribution in [3.63, 3.8) is 0 Å². The lowest BCUT2D eigenvalue weighted by molar-refractivity contribution is -0.385. The molecule has 1 aromatic rings. The van der Waals surface area contributed by atoms with E-state index in [4.69, 9.17) is 10.5 Å². The fourth-order valence-electron chi connectivity index (χ4n) is 2.27. The molecule has 0 radical (unpaired) electrons. The molecule has 0 saturated heterocycles. The summed E-state index contributed by atoms with van der Waals surface area (Å²) in [5, 5.41) is 10.6. The number of nitrogens with two attached hydrogens (primary N) is 1. The standard InChI is InChI=1S/C11H12F2N2O3/c1-18-9-4-7(15(16)17)2-3-8(9)10(14)5-11(12,13)6-10/h2-4H,5-6,14H2,1H3. The Bertz CT molecular complexity index is 497. The van der Waals surface area contributed by atoms with Gasteiger partial charge in [-0.3, -0.25) is 10.1 Å². The number of alkyl halides is 2. The smallest absolute Gasteiger partial charge is 0.273 e. The maximum atomic E-state index is 12.9. The van der Waals surface area contributed by atoms with Crippen molar-refractivity contribution in [1.82, 2.24) is 0 Å². The van der Waals surface area contributed by atoms with Gasteiger partial charge in [-0.15, -0.1) is 0 Å². The largest absolute Gasteiger partial charge is 0.496 e. The SMILES string of the molecule is COc1cc([N+](=O)[O-])ccc1C1(N)CC(F)(F)C1. The summed E-state index contributed by atoms with van der Waals surface area (Å²) in [6.45, 7) is 0. The van der Waals surface area contributed by atoms with Crippen LogP contribution in [0.4, 0.5) is 14.5 Å². The van der Waals surface area contributed by atoms with Crippen molar-refractivity contribution in [1.29, 1.82) is 0 Å². The van der Waals surface area contributed by atoms with Crippen molar-refractivity contribution >= 4 is 5.69 Å². The fraction of sp³-hybridized carbons (Fsp3) is 0.455. The van der Waals surface area contributed by atoms with Gasteiger partial charge in [0.1, 0.15) is 5.75 Å². The van der Waals surface area contributed by atoms with E-state index < -0.39 is 29.2 Å². The number of non-ortho nitro benzene ring substituents is 1. The minimum atomic E-state index is -2.78. The Morgan fingerprint density at radius 2 is 2.06 bits per heavy atom. The lowest BCUT2D eigenvalue weighted by Crippen LogP contribution is -2.55. The molecule has 2 rings (SSSR count). The molecule has 1 aromatic carbocycles. The Labute approximate surface area is 102 Å². The van der Waals surface area contributed by atoms with Crippen molar-refractivity contribution in [2.24, 2.45) is 5.73 Å². The molecule has 2 N–H and O–H groups in total. The molecule has 0 amide bonds. The van der Waals surface area contributed by atoms with Crippen molar-refractivity contribution in [2.75, 3.05) is 7.11 Å². The molecule has 1 fully saturated rings. The van der Waals surface area contributed by atoms with E-state index in [-0.39, 0.29) is 11.4 Å². The second kappa shape index (κ2) is 3.88. The van der Waals surface area contributed by atoms with Gasteiger partial charge in [0.05, 0.1) is 23.6 Å². The summed E-state index contributed by atoms with van der Waals surface area (Å²) in [5.74, 6) is -2.61. The zero-order chi connectivity index (χ0) is 13.6. The van der Waals surface area contributed by atoms with Gasteiger partial charge in [-0.05, 0) is 6.07 Å². The van der Waals surface area contributed by atoms with Crippen LogP contribution < -0.4 is 10.5 Å². The van der Waals surface area contributed by atoms with E-state index in [1.807, 2.05) is 0 Å². The zero-order valence-corrected chi connectivity index (χ0v) is 9.65. The predicted molar refractivity (Wildman–Crippen MR) is 59.7 cm³/mol. The van der Waals surface area contributed by atoms with Crippen LogP contribution in [0.5, 0.6) is 5.75 Å². The van der Waals surface area contributed by atoms with Crippen molar-refractivity contribution in [3.05, 3.63) is 33.9 Å². The summed E-state index contributed by atoms with van der Waals surface area (Å²) < 4.78 is 30.9. The summed E-state index contributed by atoms with van der Waals surface area (Å²) >= 11 is 0. The van der Waals surface area contributed by atoms with Crippen LogP contribution in [0.2, 0.25) is 0 Å². The second-order valence-electron chi connectivity index (χ2n) is 4.51. The minimum absolute atomic E-state index is 0.162. The molecule has 0 aromatic heterocycles. The maximum Gasteiger partial charge on any atom is 0.273 e. The van der Waals surface area contributed by atoms with Crippen LogP contribution in [-0.4, -0.2) is 18.0 Å². The van der Waals surface area contributed by atoms with Gasteiger partial charge in [-0.1, -0.05) is 0 Å². The van der Waals surface area contributed by atoms with E-state index in [2.05, 4.69) is 0 Å². The molecule has 1 aliphatic carbocycles. The maximum absolute atomic E-state index is 12.9. The minimum Gasteiger partial charge on any atom is -0.496 e. The van der Waals surface area contributed by atoms with E-state index in [0.717, 1.165) is 0 Å². The summed E-state index contributed by atoms with van der Waals surface area (Å²) in [5.41, 5.74) is 4.91. The number of methoxy groups -OCH3 is 1. The number of ether oxygens (including phenoxy) is 1. The van der Waals surface area contributed by atoms with Crippen LogP contribution in [-0.2, 0) is 5.54 Å². The molecule has 1 aliphatic rings. The highest BCUT2D eigenvalue weighted by molar-refractivity contribution is 5.48. The highest BCUT2D eigenvalue weighted by atomic mass is 19.3. The van der Waals surface area contributed by atoms with Gasteiger partial charge >= 0.3 is 0 Å². The first-order valence-corrected chi connectivity index (χ1v) is 5.27. The molecule has 18 heavy (non-hydrogen) atoms. The first-order valence-electron chi connectivity index (χ1n) is 5.27. The number of nitro groups is 1. The summed E-state index contributed by atoms with van der Waals surface area (Å²) in [7, 11) is 1.32. The third kappa shape index (κ3) is 2.01. The number of nitro benzene ring substituents is 1. The number of rotatable bonds is 3. The van der Waals surface area contributed by atoms with Gasteiger partial charge in [0.2, 0.25) is 0 Å². The van der Waals surface area contributed by atoms with Crippen LogP contribution in [0, 0.1) is 10.1 Å². The predicted octanol–water partition coefficient (Wildman–Crippen LogP) is 2.19. The van der Waals surface area contributed by atoms with Crippen LogP contribution in [0.15, 0.2) is 18.2 Å². The number of benzene rings is 1.